The summed E-state index contributed by atoms with van der Waals surface area (Å²) in [7, 11) is 0. The molecule has 0 bridgehead atoms. The Bertz CT molecular complexity index is 560. The molecule has 0 aliphatic heterocycles. The van der Waals surface area contributed by atoms with Crippen molar-refractivity contribution in [2.45, 2.75) is 12.3 Å². The zero-order valence-corrected chi connectivity index (χ0v) is 9.63. The lowest BCUT2D eigenvalue weighted by Crippen LogP contribution is -1.95. The van der Waals surface area contributed by atoms with E-state index in [1.54, 1.807) is 18.3 Å². The smallest absolute Gasteiger partial charge is 0.118 e. The Morgan fingerprint density at radius 2 is 2.18 bits per heavy atom. The van der Waals surface area contributed by atoms with Gasteiger partial charge in [0.2, 0.25) is 0 Å². The molecule has 0 saturated heterocycles. The van der Waals surface area contributed by atoms with Crippen molar-refractivity contribution in [3.63, 3.8) is 0 Å². The maximum absolute atomic E-state index is 9.72. The van der Waals surface area contributed by atoms with Crippen LogP contribution in [0.4, 0.5) is 0 Å². The summed E-state index contributed by atoms with van der Waals surface area (Å²) in [6.07, 6.45) is 6.26. The van der Waals surface area contributed by atoms with Crippen LogP contribution in [-0.4, -0.2) is 10.1 Å². The average Bonchev–Trinajstić information content (AvgIpc) is 2.35. The summed E-state index contributed by atoms with van der Waals surface area (Å²) >= 11 is 0. The van der Waals surface area contributed by atoms with Crippen LogP contribution >= 0.6 is 0 Å². The first-order valence-corrected chi connectivity index (χ1v) is 5.57. The number of fused-ring (bicyclic) bond motifs is 1. The molecule has 2 rings (SSSR count). The number of allylic oxidation sites excluding steroid dienone is 2. The van der Waals surface area contributed by atoms with Crippen LogP contribution in [0, 0.1) is 0 Å². The Labute approximate surface area is 101 Å². The van der Waals surface area contributed by atoms with Gasteiger partial charge < -0.3 is 5.11 Å². The van der Waals surface area contributed by atoms with E-state index in [0.717, 1.165) is 22.9 Å². The van der Waals surface area contributed by atoms with Gasteiger partial charge in [-0.05, 0) is 24.1 Å². The van der Waals surface area contributed by atoms with Gasteiger partial charge in [0.25, 0.3) is 0 Å². The van der Waals surface area contributed by atoms with E-state index in [1.165, 1.54) is 0 Å². The molecule has 0 aliphatic carbocycles. The highest BCUT2D eigenvalue weighted by atomic mass is 16.3. The van der Waals surface area contributed by atoms with Crippen molar-refractivity contribution in [2.24, 2.45) is 0 Å². The van der Waals surface area contributed by atoms with Crippen molar-refractivity contribution in [1.29, 1.82) is 0 Å². The van der Waals surface area contributed by atoms with Crippen LogP contribution in [0.25, 0.3) is 10.9 Å². The third-order valence-electron chi connectivity index (χ3n) is 2.84. The fourth-order valence-electron chi connectivity index (χ4n) is 2.03. The fraction of sp³-hybridized carbons (Fsp3) is 0.133. The fourth-order valence-corrected chi connectivity index (χ4v) is 2.03. The summed E-state index contributed by atoms with van der Waals surface area (Å²) in [6, 6.07) is 7.36. The number of phenolic OH excluding ortho intramolecular Hbond substituents is 1. The van der Waals surface area contributed by atoms with Gasteiger partial charge in [-0.25, -0.2) is 0 Å². The van der Waals surface area contributed by atoms with E-state index in [4.69, 9.17) is 0 Å². The summed E-state index contributed by atoms with van der Waals surface area (Å²) in [5, 5.41) is 10.8. The van der Waals surface area contributed by atoms with E-state index in [0.29, 0.717) is 0 Å². The lowest BCUT2D eigenvalue weighted by molar-refractivity contribution is 0.475. The number of phenols is 1. The number of hydrogen-bond acceptors (Lipinski definition) is 2. The lowest BCUT2D eigenvalue weighted by Gasteiger charge is -2.14. The van der Waals surface area contributed by atoms with E-state index in [1.807, 2.05) is 24.3 Å². The van der Waals surface area contributed by atoms with Gasteiger partial charge >= 0.3 is 0 Å². The zero-order chi connectivity index (χ0) is 12.3. The summed E-state index contributed by atoms with van der Waals surface area (Å²) in [5.74, 6) is 0.397. The summed E-state index contributed by atoms with van der Waals surface area (Å²) in [5.41, 5.74) is 1.85. The minimum absolute atomic E-state index is 0.159. The van der Waals surface area contributed by atoms with E-state index >= 15 is 0 Å². The first kappa shape index (κ1) is 11.4. The monoisotopic (exact) mass is 225 g/mol. The Kier molecular flexibility index (Phi) is 3.24. The van der Waals surface area contributed by atoms with E-state index in [9.17, 15) is 5.11 Å². The van der Waals surface area contributed by atoms with E-state index in [-0.39, 0.29) is 11.7 Å². The van der Waals surface area contributed by atoms with Crippen LogP contribution in [0.15, 0.2) is 55.8 Å². The third kappa shape index (κ3) is 2.21. The van der Waals surface area contributed by atoms with Crippen molar-refractivity contribution in [3.8, 4) is 5.75 Å². The Hall–Kier alpha value is -2.09. The maximum Gasteiger partial charge on any atom is 0.118 e. The first-order chi connectivity index (χ1) is 8.26. The molecule has 0 fully saturated rings. The van der Waals surface area contributed by atoms with Crippen LogP contribution in [0.5, 0.6) is 5.75 Å². The molecule has 0 spiro atoms. The Morgan fingerprint density at radius 1 is 1.35 bits per heavy atom. The number of aromatic hydroxyl groups is 1. The molecular formula is C15H15NO. The normalized spacial score (nSPS) is 12.2. The minimum Gasteiger partial charge on any atom is -0.508 e. The number of pyridine rings is 1. The number of rotatable bonds is 4. The molecule has 1 unspecified atom stereocenters. The van der Waals surface area contributed by atoms with Crippen LogP contribution in [0.1, 0.15) is 17.9 Å². The third-order valence-corrected chi connectivity index (χ3v) is 2.84. The molecule has 17 heavy (non-hydrogen) atoms. The van der Waals surface area contributed by atoms with E-state index < -0.39 is 0 Å². The zero-order valence-electron chi connectivity index (χ0n) is 9.63. The Morgan fingerprint density at radius 3 is 2.88 bits per heavy atom. The topological polar surface area (TPSA) is 33.1 Å². The molecule has 0 radical (unpaired) electrons. The molecule has 1 heterocycles. The molecule has 0 aliphatic rings. The molecular weight excluding hydrogens is 210 g/mol. The van der Waals surface area contributed by atoms with Gasteiger partial charge in [-0.1, -0.05) is 18.2 Å². The van der Waals surface area contributed by atoms with Crippen LogP contribution in [0.3, 0.4) is 0 Å². The number of hydrogen-bond donors (Lipinski definition) is 1. The van der Waals surface area contributed by atoms with Crippen molar-refractivity contribution in [2.75, 3.05) is 0 Å². The summed E-state index contributed by atoms with van der Waals surface area (Å²) in [4.78, 5) is 4.26. The number of nitrogens with zero attached hydrogens (tertiary/aromatic N) is 1. The van der Waals surface area contributed by atoms with Crippen molar-refractivity contribution in [1.82, 2.24) is 4.98 Å². The van der Waals surface area contributed by atoms with Gasteiger partial charge in [0.15, 0.2) is 0 Å². The predicted molar refractivity (Wildman–Crippen MR) is 71.2 cm³/mol. The molecule has 2 heteroatoms. The van der Waals surface area contributed by atoms with Crippen LogP contribution in [-0.2, 0) is 0 Å². The first-order valence-electron chi connectivity index (χ1n) is 5.57. The highest BCUT2D eigenvalue weighted by molar-refractivity contribution is 5.84. The summed E-state index contributed by atoms with van der Waals surface area (Å²) < 4.78 is 0. The molecule has 0 amide bonds. The van der Waals surface area contributed by atoms with Gasteiger partial charge in [0.1, 0.15) is 5.75 Å². The standard InChI is InChI=1S/C15H15NO/c1-3-6-11(4-2)14-9-12(17)10-15-13(14)7-5-8-16-15/h3-5,7-11,17H,1-2,6H2. The minimum atomic E-state index is 0.159. The number of benzene rings is 1. The highest BCUT2D eigenvalue weighted by Gasteiger charge is 2.11. The quantitative estimate of drug-likeness (QED) is 0.803. The van der Waals surface area contributed by atoms with Crippen LogP contribution < -0.4 is 0 Å². The van der Waals surface area contributed by atoms with E-state index in [2.05, 4.69) is 18.1 Å². The summed E-state index contributed by atoms with van der Waals surface area (Å²) in [6.45, 7) is 7.59. The second kappa shape index (κ2) is 4.83. The highest BCUT2D eigenvalue weighted by Crippen LogP contribution is 2.31. The van der Waals surface area contributed by atoms with Crippen molar-refractivity contribution < 1.29 is 5.11 Å². The molecule has 2 nitrogen and oxygen atoms in total. The molecule has 1 atom stereocenters. The largest absolute Gasteiger partial charge is 0.508 e. The van der Waals surface area contributed by atoms with Crippen molar-refractivity contribution >= 4 is 10.9 Å². The number of aromatic nitrogens is 1. The molecule has 1 aromatic heterocycles. The van der Waals surface area contributed by atoms with Gasteiger partial charge in [0, 0.05) is 23.6 Å². The second-order valence-corrected chi connectivity index (χ2v) is 3.97. The van der Waals surface area contributed by atoms with Gasteiger partial charge in [-0.15, -0.1) is 13.2 Å². The predicted octanol–water partition coefficient (Wildman–Crippen LogP) is 3.79. The Balaban J connectivity index is 2.65. The molecule has 86 valence electrons. The lowest BCUT2D eigenvalue weighted by atomic mass is 9.92. The molecule has 2 aromatic rings. The second-order valence-electron chi connectivity index (χ2n) is 3.97. The maximum atomic E-state index is 9.72. The van der Waals surface area contributed by atoms with Gasteiger partial charge in [-0.2, -0.15) is 0 Å². The molecule has 0 saturated carbocycles. The van der Waals surface area contributed by atoms with Gasteiger partial charge in [-0.3, -0.25) is 4.98 Å². The van der Waals surface area contributed by atoms with Gasteiger partial charge in [0.05, 0.1) is 5.52 Å². The van der Waals surface area contributed by atoms with Crippen LogP contribution in [0.2, 0.25) is 0 Å². The molecule has 1 N–H and O–H groups in total. The SMILES string of the molecule is C=CCC(C=C)c1cc(O)cc2ncccc12. The molecule has 1 aromatic carbocycles. The average molecular weight is 225 g/mol. The van der Waals surface area contributed by atoms with Crippen molar-refractivity contribution in [3.05, 3.63) is 61.3 Å².